The quantitative estimate of drug-likeness (QED) is 0.837. The largest absolute Gasteiger partial charge is 0.497 e. The van der Waals surface area contributed by atoms with Gasteiger partial charge >= 0.3 is 0 Å². The molecule has 1 amide bonds. The Bertz CT molecular complexity index is 410. The van der Waals surface area contributed by atoms with E-state index < -0.39 is 0 Å². The molecule has 16 heavy (non-hydrogen) atoms. The highest BCUT2D eigenvalue weighted by Gasteiger charge is 2.09. The summed E-state index contributed by atoms with van der Waals surface area (Å²) in [6.07, 6.45) is 0.301. The van der Waals surface area contributed by atoms with E-state index in [1.165, 1.54) is 0 Å². The van der Waals surface area contributed by atoms with Crippen LogP contribution in [0.2, 0.25) is 0 Å². The monoisotopic (exact) mass is 218 g/mol. The Hall–Kier alpha value is -2.02. The van der Waals surface area contributed by atoms with Crippen molar-refractivity contribution in [2.45, 2.75) is 19.4 Å². The summed E-state index contributed by atoms with van der Waals surface area (Å²) in [6.45, 7) is 1.79. The number of hydrogen-bond acceptors (Lipinski definition) is 3. The first-order valence-corrected chi connectivity index (χ1v) is 4.99. The first-order valence-electron chi connectivity index (χ1n) is 4.99. The van der Waals surface area contributed by atoms with Crippen molar-refractivity contribution >= 4 is 5.91 Å². The minimum absolute atomic E-state index is 0.149. The van der Waals surface area contributed by atoms with E-state index in [0.29, 0.717) is 17.7 Å². The normalized spacial score (nSPS) is 11.3. The Kier molecular flexibility index (Phi) is 4.34. The molecule has 0 aliphatic rings. The van der Waals surface area contributed by atoms with Crippen molar-refractivity contribution < 1.29 is 9.53 Å². The van der Waals surface area contributed by atoms with E-state index in [1.807, 2.05) is 6.07 Å². The fourth-order valence-electron chi connectivity index (χ4n) is 1.26. The third kappa shape index (κ3) is 3.28. The smallest absolute Gasteiger partial charge is 0.251 e. The first kappa shape index (κ1) is 12.1. The van der Waals surface area contributed by atoms with E-state index in [0.717, 1.165) is 0 Å². The molecule has 0 aliphatic heterocycles. The number of carbonyl (C=O) groups excluding carboxylic acids is 1. The molecular formula is C12H14N2O2. The third-order valence-electron chi connectivity index (χ3n) is 2.11. The maximum absolute atomic E-state index is 11.7. The highest BCUT2D eigenvalue weighted by Crippen LogP contribution is 2.12. The zero-order valence-corrected chi connectivity index (χ0v) is 9.36. The van der Waals surface area contributed by atoms with Crippen LogP contribution in [0.4, 0.5) is 0 Å². The van der Waals surface area contributed by atoms with Gasteiger partial charge in [-0.05, 0) is 25.1 Å². The number of nitriles is 1. The van der Waals surface area contributed by atoms with Crippen LogP contribution in [-0.4, -0.2) is 19.1 Å². The Morgan fingerprint density at radius 1 is 1.62 bits per heavy atom. The van der Waals surface area contributed by atoms with Crippen LogP contribution in [0.3, 0.4) is 0 Å². The summed E-state index contributed by atoms with van der Waals surface area (Å²) in [5, 5.41) is 11.2. The number of methoxy groups -OCH3 is 1. The zero-order valence-electron chi connectivity index (χ0n) is 9.36. The van der Waals surface area contributed by atoms with Crippen molar-refractivity contribution in [1.29, 1.82) is 5.26 Å². The Balaban J connectivity index is 2.69. The van der Waals surface area contributed by atoms with Gasteiger partial charge in [0.1, 0.15) is 5.75 Å². The van der Waals surface area contributed by atoms with Crippen LogP contribution in [0.5, 0.6) is 5.75 Å². The van der Waals surface area contributed by atoms with Crippen LogP contribution in [0.15, 0.2) is 24.3 Å². The van der Waals surface area contributed by atoms with Crippen LogP contribution < -0.4 is 10.1 Å². The van der Waals surface area contributed by atoms with Crippen molar-refractivity contribution in [2.24, 2.45) is 0 Å². The lowest BCUT2D eigenvalue weighted by atomic mass is 10.1. The number of nitrogens with one attached hydrogen (secondary N) is 1. The molecule has 0 saturated heterocycles. The molecular weight excluding hydrogens is 204 g/mol. The van der Waals surface area contributed by atoms with Gasteiger partial charge < -0.3 is 10.1 Å². The van der Waals surface area contributed by atoms with Gasteiger partial charge in [0.15, 0.2) is 0 Å². The van der Waals surface area contributed by atoms with Gasteiger partial charge in [0.2, 0.25) is 0 Å². The van der Waals surface area contributed by atoms with E-state index in [2.05, 4.69) is 5.32 Å². The molecule has 1 unspecified atom stereocenters. The summed E-state index contributed by atoms with van der Waals surface area (Å²) in [5.74, 6) is 0.447. The van der Waals surface area contributed by atoms with Gasteiger partial charge in [-0.15, -0.1) is 0 Å². The second kappa shape index (κ2) is 5.76. The molecule has 0 aromatic heterocycles. The number of ether oxygens (including phenoxy) is 1. The molecule has 84 valence electrons. The lowest BCUT2D eigenvalue weighted by Gasteiger charge is -2.10. The molecule has 0 fully saturated rings. The van der Waals surface area contributed by atoms with Crippen LogP contribution in [0.25, 0.3) is 0 Å². The summed E-state index contributed by atoms with van der Waals surface area (Å²) >= 11 is 0. The van der Waals surface area contributed by atoms with Crippen molar-refractivity contribution in [2.75, 3.05) is 7.11 Å². The van der Waals surface area contributed by atoms with E-state index in [9.17, 15) is 4.79 Å². The van der Waals surface area contributed by atoms with Crippen molar-refractivity contribution in [3.63, 3.8) is 0 Å². The lowest BCUT2D eigenvalue weighted by molar-refractivity contribution is 0.0940. The molecule has 0 saturated carbocycles. The number of hydrogen-bond donors (Lipinski definition) is 1. The molecule has 1 aromatic rings. The van der Waals surface area contributed by atoms with Gasteiger partial charge in [0, 0.05) is 11.6 Å². The van der Waals surface area contributed by atoms with E-state index >= 15 is 0 Å². The Morgan fingerprint density at radius 3 is 3.00 bits per heavy atom. The SMILES string of the molecule is COc1cccc(C(=O)NC(C)CC#N)c1. The summed E-state index contributed by atoms with van der Waals surface area (Å²) in [7, 11) is 1.55. The molecule has 0 aliphatic carbocycles. The number of benzene rings is 1. The van der Waals surface area contributed by atoms with Gasteiger partial charge in [0.25, 0.3) is 5.91 Å². The maximum Gasteiger partial charge on any atom is 0.251 e. The lowest BCUT2D eigenvalue weighted by Crippen LogP contribution is -2.32. The Labute approximate surface area is 94.8 Å². The molecule has 0 bridgehead atoms. The van der Waals surface area contributed by atoms with Gasteiger partial charge in [-0.2, -0.15) is 5.26 Å². The van der Waals surface area contributed by atoms with Crippen molar-refractivity contribution in [3.05, 3.63) is 29.8 Å². The fourth-order valence-corrected chi connectivity index (χ4v) is 1.26. The average Bonchev–Trinajstić information content (AvgIpc) is 2.29. The summed E-state index contributed by atoms with van der Waals surface area (Å²) in [5.41, 5.74) is 0.532. The summed E-state index contributed by atoms with van der Waals surface area (Å²) in [6, 6.07) is 8.75. The van der Waals surface area contributed by atoms with E-state index in [-0.39, 0.29) is 11.9 Å². The van der Waals surface area contributed by atoms with Gasteiger partial charge in [-0.1, -0.05) is 6.07 Å². The maximum atomic E-state index is 11.7. The van der Waals surface area contributed by atoms with Crippen LogP contribution >= 0.6 is 0 Å². The van der Waals surface area contributed by atoms with Gasteiger partial charge in [-0.3, -0.25) is 4.79 Å². The molecule has 0 heterocycles. The van der Waals surface area contributed by atoms with Crippen molar-refractivity contribution in [1.82, 2.24) is 5.32 Å². The molecule has 4 heteroatoms. The number of nitrogens with zero attached hydrogens (tertiary/aromatic N) is 1. The van der Waals surface area contributed by atoms with Gasteiger partial charge in [-0.25, -0.2) is 0 Å². The minimum Gasteiger partial charge on any atom is -0.497 e. The Morgan fingerprint density at radius 2 is 2.38 bits per heavy atom. The van der Waals surface area contributed by atoms with Crippen LogP contribution in [0, 0.1) is 11.3 Å². The second-order valence-electron chi connectivity index (χ2n) is 3.47. The van der Waals surface area contributed by atoms with Gasteiger partial charge in [0.05, 0.1) is 19.6 Å². The predicted octanol–water partition coefficient (Wildman–Crippen LogP) is 1.73. The molecule has 1 atom stereocenters. The van der Waals surface area contributed by atoms with Crippen LogP contribution in [-0.2, 0) is 0 Å². The molecule has 1 aromatic carbocycles. The minimum atomic E-state index is -0.193. The number of carbonyl (C=O) groups is 1. The standard InChI is InChI=1S/C12H14N2O2/c1-9(6-7-13)14-12(15)10-4-3-5-11(8-10)16-2/h3-5,8-9H,6H2,1-2H3,(H,14,15). The number of amides is 1. The second-order valence-corrected chi connectivity index (χ2v) is 3.47. The highest BCUT2D eigenvalue weighted by molar-refractivity contribution is 5.94. The van der Waals surface area contributed by atoms with Crippen LogP contribution in [0.1, 0.15) is 23.7 Å². The predicted molar refractivity (Wildman–Crippen MR) is 60.2 cm³/mol. The fraction of sp³-hybridized carbons (Fsp3) is 0.333. The van der Waals surface area contributed by atoms with E-state index in [1.54, 1.807) is 38.3 Å². The molecule has 0 spiro atoms. The molecule has 4 nitrogen and oxygen atoms in total. The molecule has 1 N–H and O–H groups in total. The topological polar surface area (TPSA) is 62.1 Å². The molecule has 1 rings (SSSR count). The third-order valence-corrected chi connectivity index (χ3v) is 2.11. The van der Waals surface area contributed by atoms with E-state index in [4.69, 9.17) is 10.00 Å². The number of rotatable bonds is 4. The molecule has 0 radical (unpaired) electrons. The summed E-state index contributed by atoms with van der Waals surface area (Å²) in [4.78, 5) is 11.7. The summed E-state index contributed by atoms with van der Waals surface area (Å²) < 4.78 is 5.03. The average molecular weight is 218 g/mol. The zero-order chi connectivity index (χ0) is 12.0. The highest BCUT2D eigenvalue weighted by atomic mass is 16.5. The van der Waals surface area contributed by atoms with Crippen molar-refractivity contribution in [3.8, 4) is 11.8 Å². The first-order chi connectivity index (χ1) is 7.67.